The SMILES string of the molecule is Nc1cc(F)c(C(=O)N2CCN(C3CCCC3O)CC2)cc1Cl. The molecule has 0 aromatic heterocycles. The smallest absolute Gasteiger partial charge is 0.256 e. The molecule has 126 valence electrons. The van der Waals surface area contributed by atoms with Gasteiger partial charge in [-0.25, -0.2) is 4.39 Å². The number of rotatable bonds is 2. The third kappa shape index (κ3) is 3.29. The monoisotopic (exact) mass is 341 g/mol. The standard InChI is InChI=1S/C16H21ClFN3O2/c17-11-8-10(12(18)9-13(11)19)16(23)21-6-4-20(5-7-21)14-2-1-3-15(14)22/h8-9,14-15,22H,1-7,19H2. The molecule has 1 aliphatic carbocycles. The quantitative estimate of drug-likeness (QED) is 0.804. The highest BCUT2D eigenvalue weighted by atomic mass is 35.5. The first-order valence-corrected chi connectivity index (χ1v) is 8.31. The summed E-state index contributed by atoms with van der Waals surface area (Å²) in [6, 6.07) is 2.57. The van der Waals surface area contributed by atoms with Crippen molar-refractivity contribution in [3.63, 3.8) is 0 Å². The molecule has 0 spiro atoms. The van der Waals surface area contributed by atoms with E-state index in [1.54, 1.807) is 4.90 Å². The highest BCUT2D eigenvalue weighted by Gasteiger charge is 2.33. The van der Waals surface area contributed by atoms with Gasteiger partial charge in [-0.1, -0.05) is 11.6 Å². The van der Waals surface area contributed by atoms with Crippen LogP contribution in [0.5, 0.6) is 0 Å². The zero-order valence-electron chi connectivity index (χ0n) is 12.8. The normalized spacial score (nSPS) is 25.8. The van der Waals surface area contributed by atoms with Crippen molar-refractivity contribution >= 4 is 23.2 Å². The molecule has 3 N–H and O–H groups in total. The molecule has 2 aliphatic rings. The fourth-order valence-corrected chi connectivity index (χ4v) is 3.66. The summed E-state index contributed by atoms with van der Waals surface area (Å²) >= 11 is 5.90. The summed E-state index contributed by atoms with van der Waals surface area (Å²) in [6.45, 7) is 2.42. The molecule has 1 saturated heterocycles. The second kappa shape index (κ2) is 6.63. The predicted molar refractivity (Wildman–Crippen MR) is 86.9 cm³/mol. The van der Waals surface area contributed by atoms with Crippen LogP contribution in [0.3, 0.4) is 0 Å². The lowest BCUT2D eigenvalue weighted by molar-refractivity contribution is 0.0313. The second-order valence-electron chi connectivity index (χ2n) is 6.25. The average Bonchev–Trinajstić information content (AvgIpc) is 2.96. The number of amides is 1. The molecule has 0 radical (unpaired) electrons. The molecular weight excluding hydrogens is 321 g/mol. The Morgan fingerprint density at radius 2 is 1.96 bits per heavy atom. The van der Waals surface area contributed by atoms with Gasteiger partial charge in [0, 0.05) is 32.2 Å². The molecule has 1 saturated carbocycles. The van der Waals surface area contributed by atoms with E-state index in [1.807, 2.05) is 0 Å². The molecule has 5 nitrogen and oxygen atoms in total. The number of hydrogen-bond acceptors (Lipinski definition) is 4. The number of aliphatic hydroxyl groups excluding tert-OH is 1. The molecule has 2 unspecified atom stereocenters. The number of aliphatic hydroxyl groups is 1. The van der Waals surface area contributed by atoms with Gasteiger partial charge in [-0.3, -0.25) is 9.69 Å². The number of nitrogens with zero attached hydrogens (tertiary/aromatic N) is 2. The number of halogens is 2. The van der Waals surface area contributed by atoms with E-state index in [4.69, 9.17) is 17.3 Å². The average molecular weight is 342 g/mol. The molecule has 3 rings (SSSR count). The first-order chi connectivity index (χ1) is 11.0. The number of hydrogen-bond donors (Lipinski definition) is 2. The van der Waals surface area contributed by atoms with Crippen molar-refractivity contribution in [1.82, 2.24) is 9.80 Å². The van der Waals surface area contributed by atoms with E-state index in [1.165, 1.54) is 6.07 Å². The predicted octanol–water partition coefficient (Wildman–Crippen LogP) is 1.73. The van der Waals surface area contributed by atoms with Crippen molar-refractivity contribution in [3.8, 4) is 0 Å². The summed E-state index contributed by atoms with van der Waals surface area (Å²) in [5.41, 5.74) is 5.62. The van der Waals surface area contributed by atoms with Gasteiger partial charge in [-0.05, 0) is 31.4 Å². The topological polar surface area (TPSA) is 69.8 Å². The van der Waals surface area contributed by atoms with Gasteiger partial charge < -0.3 is 15.7 Å². The molecule has 1 amide bonds. The highest BCUT2D eigenvalue weighted by Crippen LogP contribution is 2.27. The zero-order valence-corrected chi connectivity index (χ0v) is 13.6. The third-order valence-electron chi connectivity index (χ3n) is 4.83. The highest BCUT2D eigenvalue weighted by molar-refractivity contribution is 6.33. The van der Waals surface area contributed by atoms with Crippen LogP contribution in [-0.2, 0) is 0 Å². The minimum absolute atomic E-state index is 0.0430. The van der Waals surface area contributed by atoms with E-state index in [0.29, 0.717) is 26.2 Å². The number of nitrogen functional groups attached to an aromatic ring is 1. The number of nitrogens with two attached hydrogens (primary N) is 1. The summed E-state index contributed by atoms with van der Waals surface area (Å²) in [4.78, 5) is 16.4. The van der Waals surface area contributed by atoms with Gasteiger partial charge in [0.25, 0.3) is 5.91 Å². The van der Waals surface area contributed by atoms with E-state index in [9.17, 15) is 14.3 Å². The Balaban J connectivity index is 1.65. The maximum absolute atomic E-state index is 14.0. The van der Waals surface area contributed by atoms with Crippen LogP contribution in [0.2, 0.25) is 5.02 Å². The van der Waals surface area contributed by atoms with Crippen molar-refractivity contribution < 1.29 is 14.3 Å². The maximum Gasteiger partial charge on any atom is 0.256 e. The van der Waals surface area contributed by atoms with Crippen LogP contribution in [0.25, 0.3) is 0 Å². The molecule has 0 bridgehead atoms. The molecule has 1 aromatic carbocycles. The van der Waals surface area contributed by atoms with Crippen molar-refractivity contribution in [1.29, 1.82) is 0 Å². The molecule has 23 heavy (non-hydrogen) atoms. The van der Waals surface area contributed by atoms with Crippen LogP contribution >= 0.6 is 11.6 Å². The number of benzene rings is 1. The van der Waals surface area contributed by atoms with E-state index in [-0.39, 0.29) is 34.3 Å². The van der Waals surface area contributed by atoms with E-state index < -0.39 is 5.82 Å². The van der Waals surface area contributed by atoms with Gasteiger partial charge in [0.15, 0.2) is 0 Å². The van der Waals surface area contributed by atoms with Gasteiger partial charge in [-0.2, -0.15) is 0 Å². The Morgan fingerprint density at radius 1 is 1.26 bits per heavy atom. The van der Waals surface area contributed by atoms with Crippen molar-refractivity contribution in [2.24, 2.45) is 0 Å². The van der Waals surface area contributed by atoms with Gasteiger partial charge in [0.2, 0.25) is 0 Å². The van der Waals surface area contributed by atoms with Crippen molar-refractivity contribution in [2.75, 3.05) is 31.9 Å². The second-order valence-corrected chi connectivity index (χ2v) is 6.65. The van der Waals surface area contributed by atoms with Crippen LogP contribution in [0.4, 0.5) is 10.1 Å². The minimum Gasteiger partial charge on any atom is -0.397 e. The number of piperazine rings is 1. The molecule has 1 heterocycles. The first kappa shape index (κ1) is 16.5. The lowest BCUT2D eigenvalue weighted by Gasteiger charge is -2.39. The van der Waals surface area contributed by atoms with Gasteiger partial charge >= 0.3 is 0 Å². The first-order valence-electron chi connectivity index (χ1n) is 7.93. The summed E-state index contributed by atoms with van der Waals surface area (Å²) in [7, 11) is 0. The van der Waals surface area contributed by atoms with Crippen LogP contribution in [0.1, 0.15) is 29.6 Å². The van der Waals surface area contributed by atoms with Crippen LogP contribution in [0, 0.1) is 5.82 Å². The summed E-state index contributed by atoms with van der Waals surface area (Å²) < 4.78 is 14.0. The van der Waals surface area contributed by atoms with E-state index >= 15 is 0 Å². The number of anilines is 1. The maximum atomic E-state index is 14.0. The lowest BCUT2D eigenvalue weighted by Crippen LogP contribution is -2.53. The van der Waals surface area contributed by atoms with Crippen LogP contribution in [-0.4, -0.2) is 59.1 Å². The Labute approximate surface area is 139 Å². The Morgan fingerprint density at radius 3 is 2.57 bits per heavy atom. The lowest BCUT2D eigenvalue weighted by atomic mass is 10.1. The number of carbonyl (C=O) groups excluding carboxylic acids is 1. The van der Waals surface area contributed by atoms with Gasteiger partial charge in [-0.15, -0.1) is 0 Å². The molecule has 2 atom stereocenters. The molecule has 1 aliphatic heterocycles. The zero-order chi connectivity index (χ0) is 16.6. The van der Waals surface area contributed by atoms with E-state index in [0.717, 1.165) is 25.3 Å². The van der Waals surface area contributed by atoms with Gasteiger partial charge in [0.1, 0.15) is 5.82 Å². The van der Waals surface area contributed by atoms with Crippen molar-refractivity contribution in [2.45, 2.75) is 31.4 Å². The Bertz CT molecular complexity index is 605. The summed E-state index contributed by atoms with van der Waals surface area (Å²) in [5, 5.41) is 10.2. The Hall–Kier alpha value is -1.37. The summed E-state index contributed by atoms with van der Waals surface area (Å²) in [6.07, 6.45) is 2.61. The minimum atomic E-state index is -0.648. The van der Waals surface area contributed by atoms with Crippen LogP contribution in [0.15, 0.2) is 12.1 Å². The molecule has 1 aromatic rings. The van der Waals surface area contributed by atoms with Crippen LogP contribution < -0.4 is 5.73 Å². The fraction of sp³-hybridized carbons (Fsp3) is 0.562. The fourth-order valence-electron chi connectivity index (χ4n) is 3.50. The largest absolute Gasteiger partial charge is 0.397 e. The van der Waals surface area contributed by atoms with E-state index in [2.05, 4.69) is 4.90 Å². The third-order valence-corrected chi connectivity index (χ3v) is 5.16. The van der Waals surface area contributed by atoms with Crippen molar-refractivity contribution in [3.05, 3.63) is 28.5 Å². The molecular formula is C16H21ClFN3O2. The molecule has 7 heteroatoms. The Kier molecular flexibility index (Phi) is 4.75. The number of carbonyl (C=O) groups is 1. The summed E-state index contributed by atoms with van der Waals surface area (Å²) in [5.74, 6) is -1.01. The van der Waals surface area contributed by atoms with Gasteiger partial charge in [0.05, 0.1) is 22.4 Å². The molecule has 2 fully saturated rings.